The van der Waals surface area contributed by atoms with Crippen LogP contribution in [0.5, 0.6) is 0 Å². The van der Waals surface area contributed by atoms with Gasteiger partial charge in [0, 0.05) is 32.1 Å². The van der Waals surface area contributed by atoms with Crippen LogP contribution in [0, 0.1) is 5.92 Å². The summed E-state index contributed by atoms with van der Waals surface area (Å²) < 4.78 is 6.05. The average Bonchev–Trinajstić information content (AvgIpc) is 3.03. The summed E-state index contributed by atoms with van der Waals surface area (Å²) in [6, 6.07) is 0. The number of rotatable bonds is 3. The van der Waals surface area contributed by atoms with Crippen molar-refractivity contribution in [2.45, 2.75) is 32.6 Å². The lowest BCUT2D eigenvalue weighted by Crippen LogP contribution is -2.47. The number of carbonyl (C=O) groups excluding carboxylic acids is 2. The molecule has 2 aliphatic rings. The molecule has 138 valence electrons. The van der Waals surface area contributed by atoms with Gasteiger partial charge < -0.3 is 14.5 Å². The van der Waals surface area contributed by atoms with Crippen molar-refractivity contribution >= 4 is 27.7 Å². The minimum Gasteiger partial charge on any atom is -0.378 e. The van der Waals surface area contributed by atoms with Gasteiger partial charge >= 0.3 is 0 Å². The maximum atomic E-state index is 12.7. The molecule has 25 heavy (non-hydrogen) atoms. The minimum atomic E-state index is -0.0766. The molecule has 3 heterocycles. The molecule has 0 atom stereocenters. The van der Waals surface area contributed by atoms with Crippen molar-refractivity contribution in [2.24, 2.45) is 5.92 Å². The number of hydrogen-bond acceptors (Lipinski definition) is 4. The molecule has 0 radical (unpaired) electrons. The van der Waals surface area contributed by atoms with E-state index in [4.69, 9.17) is 4.74 Å². The van der Waals surface area contributed by atoms with Crippen molar-refractivity contribution < 1.29 is 14.3 Å². The van der Waals surface area contributed by atoms with Gasteiger partial charge in [0.05, 0.1) is 23.4 Å². The van der Waals surface area contributed by atoms with Gasteiger partial charge in [-0.15, -0.1) is 0 Å². The van der Waals surface area contributed by atoms with Gasteiger partial charge in [-0.05, 0) is 34.7 Å². The lowest BCUT2D eigenvalue weighted by molar-refractivity contribution is -0.141. The number of morpholine rings is 1. The highest BCUT2D eigenvalue weighted by Crippen LogP contribution is 2.28. The van der Waals surface area contributed by atoms with E-state index in [0.29, 0.717) is 57.9 Å². The zero-order chi connectivity index (χ0) is 18.0. The molecular formula is C17H25BrN4O3. The lowest BCUT2D eigenvalue weighted by Gasteiger charge is -2.35. The molecule has 2 saturated heterocycles. The number of piperidine rings is 1. The van der Waals surface area contributed by atoms with Gasteiger partial charge in [-0.3, -0.25) is 14.7 Å². The van der Waals surface area contributed by atoms with Crippen LogP contribution in [0.25, 0.3) is 0 Å². The Balaban J connectivity index is 1.58. The molecule has 1 aromatic heterocycles. The Morgan fingerprint density at radius 1 is 1.16 bits per heavy atom. The lowest BCUT2D eigenvalue weighted by atomic mass is 9.95. The highest BCUT2D eigenvalue weighted by molar-refractivity contribution is 9.10. The van der Waals surface area contributed by atoms with Gasteiger partial charge in [-0.2, -0.15) is 5.10 Å². The number of ether oxygens (including phenoxy) is 1. The number of aromatic amines is 1. The van der Waals surface area contributed by atoms with E-state index >= 15 is 0 Å². The number of nitrogens with zero attached hydrogens (tertiary/aromatic N) is 3. The van der Waals surface area contributed by atoms with Crippen LogP contribution in [0.2, 0.25) is 0 Å². The summed E-state index contributed by atoms with van der Waals surface area (Å²) in [5.74, 6) is 0.405. The van der Waals surface area contributed by atoms with Crippen molar-refractivity contribution in [3.8, 4) is 0 Å². The summed E-state index contributed by atoms with van der Waals surface area (Å²) in [7, 11) is 0. The summed E-state index contributed by atoms with van der Waals surface area (Å²) in [6.45, 7) is 7.88. The number of likely N-dealkylation sites (tertiary alicyclic amines) is 1. The topological polar surface area (TPSA) is 78.5 Å². The van der Waals surface area contributed by atoms with Crippen molar-refractivity contribution in [1.29, 1.82) is 0 Å². The summed E-state index contributed by atoms with van der Waals surface area (Å²) in [6.07, 6.45) is 1.42. The van der Waals surface area contributed by atoms with Crippen LogP contribution in [-0.4, -0.2) is 71.2 Å². The van der Waals surface area contributed by atoms with E-state index in [1.54, 1.807) is 4.90 Å². The number of aromatic nitrogens is 2. The quantitative estimate of drug-likeness (QED) is 0.823. The fourth-order valence-corrected chi connectivity index (χ4v) is 4.19. The monoisotopic (exact) mass is 412 g/mol. The van der Waals surface area contributed by atoms with E-state index in [1.165, 1.54) is 0 Å². The average molecular weight is 413 g/mol. The molecule has 2 fully saturated rings. The zero-order valence-corrected chi connectivity index (χ0v) is 16.3. The Kier molecular flexibility index (Phi) is 5.78. The third-order valence-electron chi connectivity index (χ3n) is 4.97. The molecule has 0 bridgehead atoms. The van der Waals surface area contributed by atoms with Crippen molar-refractivity contribution in [3.05, 3.63) is 15.9 Å². The molecule has 2 amide bonds. The van der Waals surface area contributed by atoms with E-state index < -0.39 is 0 Å². The Morgan fingerprint density at radius 3 is 2.36 bits per heavy atom. The maximum absolute atomic E-state index is 12.7. The van der Waals surface area contributed by atoms with E-state index in [-0.39, 0.29) is 23.7 Å². The standard InChI is InChI=1S/C17H25BrN4O3/c1-11(2)14-13(18)15(20-19-14)17(24)21-5-3-12(4-6-21)16(23)22-7-9-25-10-8-22/h11-12H,3-10H2,1-2H3,(H,19,20). The van der Waals surface area contributed by atoms with Crippen LogP contribution in [-0.2, 0) is 9.53 Å². The molecule has 0 unspecified atom stereocenters. The van der Waals surface area contributed by atoms with Crippen LogP contribution in [0.4, 0.5) is 0 Å². The van der Waals surface area contributed by atoms with Crippen LogP contribution in [0.3, 0.4) is 0 Å². The second kappa shape index (κ2) is 7.86. The first-order chi connectivity index (χ1) is 12.0. The SMILES string of the molecule is CC(C)c1[nH]nc(C(=O)N2CCC(C(=O)N3CCOCC3)CC2)c1Br. The third kappa shape index (κ3) is 3.89. The van der Waals surface area contributed by atoms with Gasteiger partial charge in [0.2, 0.25) is 5.91 Å². The van der Waals surface area contributed by atoms with Gasteiger partial charge in [-0.25, -0.2) is 0 Å². The molecule has 0 aromatic carbocycles. The van der Waals surface area contributed by atoms with Crippen LogP contribution < -0.4 is 0 Å². The molecule has 0 saturated carbocycles. The predicted octanol–water partition coefficient (Wildman–Crippen LogP) is 2.01. The predicted molar refractivity (Wildman–Crippen MR) is 96.4 cm³/mol. The van der Waals surface area contributed by atoms with Crippen LogP contribution in [0.15, 0.2) is 4.47 Å². The number of carbonyl (C=O) groups is 2. The first-order valence-corrected chi connectivity index (χ1v) is 9.68. The van der Waals surface area contributed by atoms with E-state index in [1.807, 2.05) is 4.90 Å². The van der Waals surface area contributed by atoms with Gasteiger partial charge in [0.1, 0.15) is 0 Å². The highest BCUT2D eigenvalue weighted by atomic mass is 79.9. The molecule has 1 N–H and O–H groups in total. The summed E-state index contributed by atoms with van der Waals surface area (Å²) in [5.41, 5.74) is 1.36. The molecular weight excluding hydrogens is 388 g/mol. The zero-order valence-electron chi connectivity index (χ0n) is 14.8. The molecule has 0 aliphatic carbocycles. The highest BCUT2D eigenvalue weighted by Gasteiger charge is 2.32. The minimum absolute atomic E-state index is 0.0102. The molecule has 0 spiro atoms. The number of amides is 2. The van der Waals surface area contributed by atoms with Crippen molar-refractivity contribution in [1.82, 2.24) is 20.0 Å². The number of nitrogens with one attached hydrogen (secondary N) is 1. The first kappa shape index (κ1) is 18.4. The summed E-state index contributed by atoms with van der Waals surface area (Å²) >= 11 is 3.49. The first-order valence-electron chi connectivity index (χ1n) is 8.88. The van der Waals surface area contributed by atoms with E-state index in [2.05, 4.69) is 40.0 Å². The maximum Gasteiger partial charge on any atom is 0.275 e. The smallest absolute Gasteiger partial charge is 0.275 e. The molecule has 2 aliphatic heterocycles. The number of H-pyrrole nitrogens is 1. The third-order valence-corrected chi connectivity index (χ3v) is 5.77. The van der Waals surface area contributed by atoms with Gasteiger partial charge in [0.25, 0.3) is 5.91 Å². The Labute approximate surface area is 156 Å². The van der Waals surface area contributed by atoms with Crippen LogP contribution >= 0.6 is 15.9 Å². The molecule has 8 heteroatoms. The van der Waals surface area contributed by atoms with Gasteiger partial charge in [0.15, 0.2) is 5.69 Å². The second-order valence-corrected chi connectivity index (χ2v) is 7.75. The van der Waals surface area contributed by atoms with E-state index in [9.17, 15) is 9.59 Å². The number of halogens is 1. The number of hydrogen-bond donors (Lipinski definition) is 1. The van der Waals surface area contributed by atoms with Crippen molar-refractivity contribution in [3.63, 3.8) is 0 Å². The summed E-state index contributed by atoms with van der Waals surface area (Å²) in [5, 5.41) is 7.13. The normalized spacial score (nSPS) is 19.5. The van der Waals surface area contributed by atoms with Crippen molar-refractivity contribution in [2.75, 3.05) is 39.4 Å². The Bertz CT molecular complexity index is 632. The molecule has 7 nitrogen and oxygen atoms in total. The summed E-state index contributed by atoms with van der Waals surface area (Å²) in [4.78, 5) is 29.0. The fraction of sp³-hybridized carbons (Fsp3) is 0.706. The molecule has 1 aromatic rings. The molecule has 3 rings (SSSR count). The van der Waals surface area contributed by atoms with E-state index in [0.717, 1.165) is 10.2 Å². The largest absolute Gasteiger partial charge is 0.378 e. The second-order valence-electron chi connectivity index (χ2n) is 6.96. The Morgan fingerprint density at radius 2 is 1.80 bits per heavy atom. The fourth-order valence-electron chi connectivity index (χ4n) is 3.39. The Hall–Kier alpha value is -1.41. The van der Waals surface area contributed by atoms with Gasteiger partial charge in [-0.1, -0.05) is 13.8 Å². The van der Waals surface area contributed by atoms with Crippen LogP contribution in [0.1, 0.15) is 48.8 Å².